The van der Waals surface area contributed by atoms with Gasteiger partial charge in [0.2, 0.25) is 0 Å². The third-order valence-electron chi connectivity index (χ3n) is 3.66. The highest BCUT2D eigenvalue weighted by Gasteiger charge is 2.52. The summed E-state index contributed by atoms with van der Waals surface area (Å²) in [6, 6.07) is -0.955. The maximum absolute atomic E-state index is 12.5. The Kier molecular flexibility index (Phi) is 4.70. The van der Waals surface area contributed by atoms with Gasteiger partial charge in [-0.15, -0.1) is 23.1 Å². The summed E-state index contributed by atoms with van der Waals surface area (Å²) in [5.74, 6) is -3.58. The Labute approximate surface area is 154 Å². The Morgan fingerprint density at radius 1 is 1.38 bits per heavy atom. The first-order valence-corrected chi connectivity index (χ1v) is 9.07. The van der Waals surface area contributed by atoms with Crippen molar-refractivity contribution in [2.45, 2.75) is 11.4 Å². The van der Waals surface area contributed by atoms with E-state index in [0.717, 1.165) is 16.2 Å². The summed E-state index contributed by atoms with van der Waals surface area (Å²) in [6.07, 6.45) is 2.11. The molecule has 3 rings (SSSR count). The van der Waals surface area contributed by atoms with Gasteiger partial charge in [0.1, 0.15) is 17.1 Å². The zero-order valence-electron chi connectivity index (χ0n) is 12.9. The van der Waals surface area contributed by atoms with Gasteiger partial charge in [-0.05, 0) is 6.08 Å². The van der Waals surface area contributed by atoms with E-state index in [-0.39, 0.29) is 22.1 Å². The van der Waals surface area contributed by atoms with Crippen molar-refractivity contribution < 1.29 is 29.4 Å². The van der Waals surface area contributed by atoms with Crippen LogP contribution in [0.2, 0.25) is 0 Å². The van der Waals surface area contributed by atoms with Crippen molar-refractivity contribution in [1.29, 1.82) is 0 Å². The molecule has 26 heavy (non-hydrogen) atoms. The van der Waals surface area contributed by atoms with Crippen LogP contribution in [0, 0.1) is 0 Å². The molecular weight excluding hydrogens is 384 g/mol. The number of aliphatic carboxylic acids is 2. The number of thiazole rings is 1. The van der Waals surface area contributed by atoms with Crippen LogP contribution in [0.15, 0.2) is 23.2 Å². The number of carbonyl (C=O) groups is 4. The van der Waals surface area contributed by atoms with Crippen molar-refractivity contribution in [1.82, 2.24) is 15.2 Å². The number of carboxylic acids is 2. The van der Waals surface area contributed by atoms with Crippen LogP contribution in [-0.4, -0.2) is 61.0 Å². The van der Waals surface area contributed by atoms with Gasteiger partial charge in [0, 0.05) is 17.2 Å². The van der Waals surface area contributed by atoms with Gasteiger partial charge in [0.05, 0.1) is 11.3 Å². The fraction of sp³-hybridized carbons (Fsp3) is 0.214. The number of carbonyl (C=O) groups excluding carboxylic acids is 2. The van der Waals surface area contributed by atoms with E-state index in [2.05, 4.69) is 10.3 Å². The summed E-state index contributed by atoms with van der Waals surface area (Å²) >= 11 is 2.33. The molecule has 0 aliphatic carbocycles. The van der Waals surface area contributed by atoms with E-state index in [0.29, 0.717) is 11.8 Å². The molecule has 0 spiro atoms. The van der Waals surface area contributed by atoms with E-state index in [4.69, 9.17) is 15.9 Å². The number of aromatic nitrogens is 1. The van der Waals surface area contributed by atoms with Gasteiger partial charge in [-0.2, -0.15) is 0 Å². The molecule has 1 fully saturated rings. The van der Waals surface area contributed by atoms with E-state index in [1.807, 2.05) is 0 Å². The maximum atomic E-state index is 12.5. The van der Waals surface area contributed by atoms with Gasteiger partial charge in [-0.25, -0.2) is 14.6 Å². The van der Waals surface area contributed by atoms with Crippen molar-refractivity contribution in [3.8, 4) is 0 Å². The maximum Gasteiger partial charge on any atom is 0.352 e. The van der Waals surface area contributed by atoms with Gasteiger partial charge in [0.25, 0.3) is 11.8 Å². The van der Waals surface area contributed by atoms with Crippen molar-refractivity contribution in [2.75, 3.05) is 11.5 Å². The quantitative estimate of drug-likeness (QED) is 0.382. The minimum absolute atomic E-state index is 0.0819. The zero-order chi connectivity index (χ0) is 19.0. The van der Waals surface area contributed by atoms with E-state index >= 15 is 0 Å². The lowest BCUT2D eigenvalue weighted by Gasteiger charge is -2.48. The Hall–Kier alpha value is -2.86. The molecule has 136 valence electrons. The number of rotatable bonds is 5. The smallest absolute Gasteiger partial charge is 0.352 e. The molecule has 0 unspecified atom stereocenters. The van der Waals surface area contributed by atoms with E-state index in [1.165, 1.54) is 23.2 Å². The minimum atomic E-state index is -1.36. The standard InChI is InChI=1S/C14H12N4O6S2/c15-14-16-6(4-26-14)5(3-8(19)20)10(21)17-9-11(22)18-7(13(23)24)1-2-25-12(9)18/h1,3-4,9,12H,2H2,(H2,15,16)(H,17,21)(H,19,20)(H,23,24)/t9-,12-/m1/s1. The molecule has 1 aromatic heterocycles. The number of nitrogens with one attached hydrogen (secondary N) is 1. The molecule has 2 aliphatic rings. The number of hydrogen-bond acceptors (Lipinski definition) is 8. The number of thioether (sulfide) groups is 1. The summed E-state index contributed by atoms with van der Waals surface area (Å²) in [6.45, 7) is 0. The number of β-lactam (4-membered cyclic amide) rings is 1. The second kappa shape index (κ2) is 6.80. The van der Waals surface area contributed by atoms with E-state index < -0.39 is 35.2 Å². The Morgan fingerprint density at radius 3 is 2.69 bits per heavy atom. The van der Waals surface area contributed by atoms with Crippen LogP contribution in [0.4, 0.5) is 5.13 Å². The molecule has 0 radical (unpaired) electrons. The van der Waals surface area contributed by atoms with Gasteiger partial charge < -0.3 is 21.3 Å². The number of anilines is 1. The van der Waals surface area contributed by atoms with Crippen LogP contribution in [0.1, 0.15) is 5.69 Å². The van der Waals surface area contributed by atoms with Crippen LogP contribution in [-0.2, 0) is 19.2 Å². The van der Waals surface area contributed by atoms with Crippen LogP contribution >= 0.6 is 23.1 Å². The zero-order valence-corrected chi connectivity index (χ0v) is 14.5. The first-order valence-electron chi connectivity index (χ1n) is 7.14. The molecular formula is C14H12N4O6S2. The number of hydrogen-bond donors (Lipinski definition) is 4. The molecule has 5 N–H and O–H groups in total. The van der Waals surface area contributed by atoms with Crippen LogP contribution in [0.25, 0.3) is 5.57 Å². The van der Waals surface area contributed by atoms with Gasteiger partial charge in [-0.1, -0.05) is 0 Å². The Balaban J connectivity index is 1.79. The normalized spacial score (nSPS) is 22.2. The third-order valence-corrected chi connectivity index (χ3v) is 5.52. The van der Waals surface area contributed by atoms with Crippen molar-refractivity contribution in [3.63, 3.8) is 0 Å². The first-order chi connectivity index (χ1) is 12.3. The van der Waals surface area contributed by atoms with Crippen LogP contribution in [0.5, 0.6) is 0 Å². The van der Waals surface area contributed by atoms with Crippen molar-refractivity contribution >= 4 is 57.6 Å². The second-order valence-electron chi connectivity index (χ2n) is 5.25. The lowest BCUT2D eigenvalue weighted by molar-refractivity contribution is -0.150. The highest BCUT2D eigenvalue weighted by molar-refractivity contribution is 8.00. The summed E-state index contributed by atoms with van der Waals surface area (Å²) in [7, 11) is 0. The molecule has 1 saturated heterocycles. The van der Waals surface area contributed by atoms with Gasteiger partial charge in [-0.3, -0.25) is 14.5 Å². The third kappa shape index (κ3) is 3.15. The predicted molar refractivity (Wildman–Crippen MR) is 92.9 cm³/mol. The number of nitrogens with two attached hydrogens (primary N) is 1. The Bertz CT molecular complexity index is 877. The SMILES string of the molecule is Nc1nc(C(=CC(=O)O)C(=O)N[C@@H]2C(=O)N3C(C(=O)O)=CCS[C@H]23)cs1. The van der Waals surface area contributed by atoms with Crippen molar-refractivity contribution in [3.05, 3.63) is 28.9 Å². The summed E-state index contributed by atoms with van der Waals surface area (Å²) in [5.41, 5.74) is 5.23. The van der Waals surface area contributed by atoms with Gasteiger partial charge >= 0.3 is 11.9 Å². The average molecular weight is 396 g/mol. The van der Waals surface area contributed by atoms with Gasteiger partial charge in [0.15, 0.2) is 5.13 Å². The monoisotopic (exact) mass is 396 g/mol. The molecule has 2 atom stereocenters. The number of nitrogen functional groups attached to an aromatic ring is 1. The molecule has 0 bridgehead atoms. The average Bonchev–Trinajstić information content (AvgIpc) is 3.02. The number of amides is 2. The fourth-order valence-corrected chi connectivity index (χ4v) is 4.31. The lowest BCUT2D eigenvalue weighted by Crippen LogP contribution is -2.70. The highest BCUT2D eigenvalue weighted by Crippen LogP contribution is 2.37. The second-order valence-corrected chi connectivity index (χ2v) is 7.28. The predicted octanol–water partition coefficient (Wildman–Crippen LogP) is -0.438. The molecule has 12 heteroatoms. The summed E-state index contributed by atoms with van der Waals surface area (Å²) in [4.78, 5) is 51.9. The van der Waals surface area contributed by atoms with Crippen LogP contribution < -0.4 is 11.1 Å². The molecule has 2 aliphatic heterocycles. The lowest BCUT2D eigenvalue weighted by atomic mass is 10.0. The Morgan fingerprint density at radius 2 is 2.12 bits per heavy atom. The minimum Gasteiger partial charge on any atom is -0.478 e. The van der Waals surface area contributed by atoms with Crippen molar-refractivity contribution in [2.24, 2.45) is 0 Å². The van der Waals surface area contributed by atoms with E-state index in [9.17, 15) is 19.2 Å². The number of fused-ring (bicyclic) bond motifs is 1. The summed E-state index contributed by atoms with van der Waals surface area (Å²) in [5, 5.41) is 21.6. The number of carboxylic acid groups (broad SMARTS) is 2. The molecule has 0 aromatic carbocycles. The molecule has 0 saturated carbocycles. The largest absolute Gasteiger partial charge is 0.478 e. The van der Waals surface area contributed by atoms with E-state index in [1.54, 1.807) is 0 Å². The number of nitrogens with zero attached hydrogens (tertiary/aromatic N) is 2. The summed E-state index contributed by atoms with van der Waals surface area (Å²) < 4.78 is 0. The molecule has 1 aromatic rings. The molecule has 10 nitrogen and oxygen atoms in total. The topological polar surface area (TPSA) is 163 Å². The van der Waals surface area contributed by atoms with Crippen LogP contribution in [0.3, 0.4) is 0 Å². The fourth-order valence-electron chi connectivity index (χ4n) is 2.55. The first kappa shape index (κ1) is 17.9. The molecule has 3 heterocycles. The highest BCUT2D eigenvalue weighted by atomic mass is 32.2. The molecule has 2 amide bonds.